The second-order valence-electron chi connectivity index (χ2n) is 9.99. The van der Waals surface area contributed by atoms with Gasteiger partial charge in [-0.2, -0.15) is 0 Å². The maximum absolute atomic E-state index is 13.2. The van der Waals surface area contributed by atoms with E-state index in [0.29, 0.717) is 23.9 Å². The van der Waals surface area contributed by atoms with E-state index in [1.54, 1.807) is 6.92 Å². The van der Waals surface area contributed by atoms with Gasteiger partial charge in [0.1, 0.15) is 5.78 Å². The summed E-state index contributed by atoms with van der Waals surface area (Å²) in [5, 5.41) is 0. The smallest absolute Gasteiger partial charge is 0.333 e. The van der Waals surface area contributed by atoms with Crippen LogP contribution < -0.4 is 0 Å². The van der Waals surface area contributed by atoms with Crippen molar-refractivity contribution in [2.45, 2.75) is 74.7 Å². The molecular formula is C21H36O3. The molecule has 0 radical (unpaired) electrons. The Balaban J connectivity index is 2.68. The van der Waals surface area contributed by atoms with Crippen molar-refractivity contribution >= 4 is 11.8 Å². The Morgan fingerprint density at radius 1 is 1.08 bits per heavy atom. The van der Waals surface area contributed by atoms with Crippen LogP contribution in [0.1, 0.15) is 74.7 Å². The zero-order chi connectivity index (χ0) is 18.9. The summed E-state index contributed by atoms with van der Waals surface area (Å²) < 4.78 is 5.17. The number of esters is 1. The van der Waals surface area contributed by atoms with Crippen LogP contribution in [0.15, 0.2) is 12.2 Å². The Labute approximate surface area is 148 Å². The SMILES string of the molecule is C=C(C)C(=O)OCC[C@H]1CC1C(=O)C(C)(CC(C)(C)C)C(C)(C)C. The van der Waals surface area contributed by atoms with Crippen molar-refractivity contribution in [1.29, 1.82) is 0 Å². The number of Topliss-reactive ketones (excluding diaryl/α,β-unsaturated/α-hetero) is 1. The first-order chi connectivity index (χ1) is 10.7. The highest BCUT2D eigenvalue weighted by Crippen LogP contribution is 2.54. The summed E-state index contributed by atoms with van der Waals surface area (Å²) >= 11 is 0. The molecule has 0 aromatic rings. The maximum atomic E-state index is 13.2. The van der Waals surface area contributed by atoms with Crippen molar-refractivity contribution in [2.24, 2.45) is 28.1 Å². The minimum Gasteiger partial charge on any atom is -0.462 e. The molecule has 3 atom stereocenters. The van der Waals surface area contributed by atoms with Gasteiger partial charge in [0.15, 0.2) is 0 Å². The molecule has 0 spiro atoms. The molecule has 1 rings (SSSR count). The topological polar surface area (TPSA) is 43.4 Å². The first kappa shape index (κ1) is 20.9. The van der Waals surface area contributed by atoms with Gasteiger partial charge < -0.3 is 4.74 Å². The number of ether oxygens (including phenoxy) is 1. The fourth-order valence-corrected chi connectivity index (χ4v) is 3.51. The van der Waals surface area contributed by atoms with E-state index in [4.69, 9.17) is 4.74 Å². The van der Waals surface area contributed by atoms with E-state index in [-0.39, 0.29) is 28.1 Å². The Hall–Kier alpha value is -1.12. The summed E-state index contributed by atoms with van der Waals surface area (Å²) in [5.74, 6) is 0.532. The molecule has 1 fully saturated rings. The molecule has 0 aromatic heterocycles. The molecule has 0 saturated heterocycles. The van der Waals surface area contributed by atoms with Crippen LogP contribution in [-0.4, -0.2) is 18.4 Å². The Bertz CT molecular complexity index is 504. The van der Waals surface area contributed by atoms with Crippen LogP contribution >= 0.6 is 0 Å². The van der Waals surface area contributed by atoms with Crippen LogP contribution in [0.2, 0.25) is 0 Å². The predicted molar refractivity (Wildman–Crippen MR) is 98.6 cm³/mol. The lowest BCUT2D eigenvalue weighted by atomic mass is 9.58. The summed E-state index contributed by atoms with van der Waals surface area (Å²) in [6, 6.07) is 0. The highest BCUT2D eigenvalue weighted by Gasteiger charge is 2.54. The normalized spacial score (nSPS) is 23.3. The van der Waals surface area contributed by atoms with Gasteiger partial charge in [-0.25, -0.2) is 4.79 Å². The van der Waals surface area contributed by atoms with Crippen molar-refractivity contribution in [3.8, 4) is 0 Å². The minimum atomic E-state index is -0.342. The van der Waals surface area contributed by atoms with Gasteiger partial charge in [0.2, 0.25) is 0 Å². The van der Waals surface area contributed by atoms with Crippen LogP contribution in [0.3, 0.4) is 0 Å². The Kier molecular flexibility index (Phi) is 6.11. The minimum absolute atomic E-state index is 0.0725. The van der Waals surface area contributed by atoms with Crippen molar-refractivity contribution < 1.29 is 14.3 Å². The second kappa shape index (κ2) is 7.01. The van der Waals surface area contributed by atoms with Gasteiger partial charge in [0.25, 0.3) is 0 Å². The molecule has 1 aliphatic carbocycles. The fraction of sp³-hybridized carbons (Fsp3) is 0.810. The van der Waals surface area contributed by atoms with Crippen molar-refractivity contribution in [3.63, 3.8) is 0 Å². The van der Waals surface area contributed by atoms with Crippen molar-refractivity contribution in [3.05, 3.63) is 12.2 Å². The molecule has 3 nitrogen and oxygen atoms in total. The highest BCUT2D eigenvalue weighted by atomic mass is 16.5. The van der Waals surface area contributed by atoms with Crippen molar-refractivity contribution in [1.82, 2.24) is 0 Å². The van der Waals surface area contributed by atoms with Crippen LogP contribution in [0.5, 0.6) is 0 Å². The molecule has 0 N–H and O–H groups in total. The highest BCUT2D eigenvalue weighted by molar-refractivity contribution is 5.90. The Morgan fingerprint density at radius 3 is 2.04 bits per heavy atom. The predicted octanol–water partition coefficient (Wildman–Crippen LogP) is 5.19. The van der Waals surface area contributed by atoms with Gasteiger partial charge >= 0.3 is 5.97 Å². The number of hydrogen-bond acceptors (Lipinski definition) is 3. The number of hydrogen-bond donors (Lipinski definition) is 0. The quantitative estimate of drug-likeness (QED) is 0.474. The summed E-state index contributed by atoms with van der Waals surface area (Å²) in [6.45, 7) is 20.8. The van der Waals surface area contributed by atoms with E-state index in [1.807, 2.05) is 0 Å². The van der Waals surface area contributed by atoms with Gasteiger partial charge in [-0.3, -0.25) is 4.79 Å². The lowest BCUT2D eigenvalue weighted by Gasteiger charge is -2.45. The van der Waals surface area contributed by atoms with Gasteiger partial charge in [-0.05, 0) is 42.9 Å². The third-order valence-electron chi connectivity index (χ3n) is 5.41. The molecule has 0 aromatic carbocycles. The maximum Gasteiger partial charge on any atom is 0.333 e. The van der Waals surface area contributed by atoms with E-state index in [0.717, 1.165) is 19.3 Å². The fourth-order valence-electron chi connectivity index (χ4n) is 3.51. The first-order valence-corrected chi connectivity index (χ1v) is 9.06. The van der Waals surface area contributed by atoms with Crippen LogP contribution in [0.4, 0.5) is 0 Å². The lowest BCUT2D eigenvalue weighted by molar-refractivity contribution is -0.139. The molecule has 2 unspecified atom stereocenters. The molecule has 0 amide bonds. The van der Waals surface area contributed by atoms with E-state index >= 15 is 0 Å². The standard InChI is InChI=1S/C21H36O3/c1-14(2)18(23)24-11-10-15-12-16(15)17(22)21(9,20(6,7)8)13-19(3,4)5/h15-16H,1,10-13H2,2-9H3/t15-,16?,21?/m0/s1. The summed E-state index contributed by atoms with van der Waals surface area (Å²) in [4.78, 5) is 24.7. The third kappa shape index (κ3) is 5.19. The van der Waals surface area contributed by atoms with Crippen molar-refractivity contribution in [2.75, 3.05) is 6.61 Å². The van der Waals surface area contributed by atoms with E-state index in [2.05, 4.69) is 55.0 Å². The molecule has 1 saturated carbocycles. The number of ketones is 1. The van der Waals surface area contributed by atoms with Gasteiger partial charge in [0, 0.05) is 16.9 Å². The molecular weight excluding hydrogens is 300 g/mol. The van der Waals surface area contributed by atoms with Gasteiger partial charge in [-0.15, -0.1) is 0 Å². The van der Waals surface area contributed by atoms with Gasteiger partial charge in [-0.1, -0.05) is 55.0 Å². The molecule has 0 heterocycles. The summed E-state index contributed by atoms with van der Waals surface area (Å²) in [6.07, 6.45) is 2.58. The zero-order valence-corrected chi connectivity index (χ0v) is 16.9. The molecule has 0 bridgehead atoms. The van der Waals surface area contributed by atoms with E-state index in [1.165, 1.54) is 0 Å². The monoisotopic (exact) mass is 336 g/mol. The number of carbonyl (C=O) groups excluding carboxylic acids is 2. The third-order valence-corrected chi connectivity index (χ3v) is 5.41. The Morgan fingerprint density at radius 2 is 1.62 bits per heavy atom. The molecule has 138 valence electrons. The average molecular weight is 337 g/mol. The van der Waals surface area contributed by atoms with Crippen LogP contribution in [0.25, 0.3) is 0 Å². The van der Waals surface area contributed by atoms with E-state index < -0.39 is 0 Å². The molecule has 1 aliphatic rings. The molecule has 0 aliphatic heterocycles. The lowest BCUT2D eigenvalue weighted by Crippen LogP contribution is -2.44. The van der Waals surface area contributed by atoms with Crippen LogP contribution in [-0.2, 0) is 14.3 Å². The second-order valence-corrected chi connectivity index (χ2v) is 9.99. The summed E-state index contributed by atoms with van der Waals surface area (Å²) in [5.41, 5.74) is 0.124. The van der Waals surface area contributed by atoms with Crippen LogP contribution in [0, 0.1) is 28.1 Å². The number of carbonyl (C=O) groups is 2. The first-order valence-electron chi connectivity index (χ1n) is 9.06. The average Bonchev–Trinajstić information content (AvgIpc) is 3.13. The zero-order valence-electron chi connectivity index (χ0n) is 16.9. The van der Waals surface area contributed by atoms with E-state index in [9.17, 15) is 9.59 Å². The molecule has 3 heteroatoms. The largest absolute Gasteiger partial charge is 0.462 e. The number of rotatable bonds is 7. The molecule has 24 heavy (non-hydrogen) atoms. The van der Waals surface area contributed by atoms with Gasteiger partial charge in [0.05, 0.1) is 6.61 Å². The summed E-state index contributed by atoms with van der Waals surface area (Å²) in [7, 11) is 0.